The SMILES string of the molecule is COc1cc(Cl)c(C)cc1Nc1ccc(F)c(C2(C)N=C(N)N(C)C(=O)C2(C)C)c1. The molecule has 1 atom stereocenters. The Hall–Kier alpha value is -2.80. The fourth-order valence-corrected chi connectivity index (χ4v) is 3.79. The van der Waals surface area contributed by atoms with E-state index in [1.807, 2.05) is 13.0 Å². The predicted molar refractivity (Wildman–Crippen MR) is 118 cm³/mol. The first kappa shape index (κ1) is 21.9. The number of aryl methyl sites for hydroxylation is 1. The van der Waals surface area contributed by atoms with Crippen LogP contribution in [0.2, 0.25) is 5.02 Å². The number of ether oxygens (including phenoxy) is 1. The highest BCUT2D eigenvalue weighted by molar-refractivity contribution is 6.31. The molecule has 6 nitrogen and oxygen atoms in total. The number of nitrogens with zero attached hydrogens (tertiary/aromatic N) is 2. The number of methoxy groups -OCH3 is 1. The molecule has 1 aliphatic heterocycles. The summed E-state index contributed by atoms with van der Waals surface area (Å²) in [6.07, 6.45) is 0. The molecule has 3 N–H and O–H groups in total. The van der Waals surface area contributed by atoms with Crippen molar-refractivity contribution in [1.29, 1.82) is 0 Å². The molecule has 1 aliphatic rings. The van der Waals surface area contributed by atoms with Crippen LogP contribution in [0.5, 0.6) is 5.75 Å². The lowest BCUT2D eigenvalue weighted by Gasteiger charge is -2.46. The van der Waals surface area contributed by atoms with E-state index >= 15 is 0 Å². The smallest absolute Gasteiger partial charge is 0.237 e. The Kier molecular flexibility index (Phi) is 5.45. The lowest BCUT2D eigenvalue weighted by Crippen LogP contribution is -2.58. The summed E-state index contributed by atoms with van der Waals surface area (Å²) in [5.41, 5.74) is 6.20. The maximum absolute atomic E-state index is 15.0. The molecule has 2 aromatic carbocycles. The zero-order valence-corrected chi connectivity index (χ0v) is 18.7. The number of nitrogens with two attached hydrogens (primary N) is 1. The summed E-state index contributed by atoms with van der Waals surface area (Å²) < 4.78 is 20.4. The third-order valence-corrected chi connectivity index (χ3v) is 6.40. The topological polar surface area (TPSA) is 80.0 Å². The number of halogens is 2. The Bertz CT molecular complexity index is 1050. The number of hydrogen-bond donors (Lipinski definition) is 2. The number of benzene rings is 2. The van der Waals surface area contributed by atoms with Crippen molar-refractivity contribution in [3.8, 4) is 5.75 Å². The first-order chi connectivity index (χ1) is 13.9. The van der Waals surface area contributed by atoms with Gasteiger partial charge in [0.1, 0.15) is 17.1 Å². The molecule has 1 heterocycles. The molecule has 0 spiro atoms. The Balaban J connectivity index is 2.11. The average Bonchev–Trinajstić information content (AvgIpc) is 2.69. The normalized spacial score (nSPS) is 20.7. The number of anilines is 2. The third-order valence-electron chi connectivity index (χ3n) is 5.99. The molecule has 0 aromatic heterocycles. The van der Waals surface area contributed by atoms with Gasteiger partial charge in [0.25, 0.3) is 0 Å². The van der Waals surface area contributed by atoms with Crippen LogP contribution in [0.4, 0.5) is 15.8 Å². The largest absolute Gasteiger partial charge is 0.495 e. The average molecular weight is 433 g/mol. The lowest BCUT2D eigenvalue weighted by atomic mass is 9.67. The molecule has 2 aromatic rings. The van der Waals surface area contributed by atoms with Gasteiger partial charge in [-0.2, -0.15) is 0 Å². The van der Waals surface area contributed by atoms with Crippen LogP contribution < -0.4 is 15.8 Å². The second kappa shape index (κ2) is 7.47. The first-order valence-electron chi connectivity index (χ1n) is 9.47. The fraction of sp³-hybridized carbons (Fsp3) is 0.364. The van der Waals surface area contributed by atoms with E-state index in [9.17, 15) is 9.18 Å². The minimum atomic E-state index is -1.19. The maximum atomic E-state index is 15.0. The van der Waals surface area contributed by atoms with Gasteiger partial charge < -0.3 is 15.8 Å². The number of nitrogens with one attached hydrogen (secondary N) is 1. The number of guanidine groups is 1. The Morgan fingerprint density at radius 3 is 2.53 bits per heavy atom. The van der Waals surface area contributed by atoms with Gasteiger partial charge in [-0.1, -0.05) is 11.6 Å². The number of aliphatic imine (C=N–C) groups is 1. The summed E-state index contributed by atoms with van der Waals surface area (Å²) in [4.78, 5) is 18.7. The zero-order valence-electron chi connectivity index (χ0n) is 17.9. The maximum Gasteiger partial charge on any atom is 0.237 e. The molecule has 0 radical (unpaired) electrons. The van der Waals surface area contributed by atoms with Gasteiger partial charge in [0, 0.05) is 29.4 Å². The van der Waals surface area contributed by atoms with E-state index < -0.39 is 16.8 Å². The number of amides is 1. The highest BCUT2D eigenvalue weighted by atomic mass is 35.5. The van der Waals surface area contributed by atoms with Gasteiger partial charge >= 0.3 is 0 Å². The molecule has 8 heteroatoms. The Labute approximate surface area is 180 Å². The molecule has 0 fully saturated rings. The van der Waals surface area contributed by atoms with Crippen LogP contribution in [0.1, 0.15) is 31.9 Å². The quantitative estimate of drug-likeness (QED) is 0.741. The predicted octanol–water partition coefficient (Wildman–Crippen LogP) is 4.57. The molecule has 3 rings (SSSR count). The van der Waals surface area contributed by atoms with Crippen molar-refractivity contribution in [2.24, 2.45) is 16.1 Å². The second-order valence-corrected chi connectivity index (χ2v) is 8.56. The zero-order chi connectivity index (χ0) is 22.4. The van der Waals surface area contributed by atoms with Crippen LogP contribution in [-0.4, -0.2) is 30.9 Å². The minimum Gasteiger partial charge on any atom is -0.495 e. The van der Waals surface area contributed by atoms with Crippen molar-refractivity contribution < 1.29 is 13.9 Å². The van der Waals surface area contributed by atoms with Crippen LogP contribution >= 0.6 is 11.6 Å². The molecule has 1 amide bonds. The van der Waals surface area contributed by atoms with Crippen LogP contribution in [-0.2, 0) is 10.3 Å². The molecule has 160 valence electrons. The van der Waals surface area contributed by atoms with Crippen LogP contribution in [0.15, 0.2) is 35.3 Å². The third kappa shape index (κ3) is 3.37. The summed E-state index contributed by atoms with van der Waals surface area (Å²) in [5.74, 6) is -0.0936. The van der Waals surface area contributed by atoms with Gasteiger partial charge in [0.05, 0.1) is 18.2 Å². The van der Waals surface area contributed by atoms with Crippen molar-refractivity contribution in [2.75, 3.05) is 19.5 Å². The van der Waals surface area contributed by atoms with Crippen molar-refractivity contribution >= 4 is 34.8 Å². The summed E-state index contributed by atoms with van der Waals surface area (Å²) in [7, 11) is 3.11. The Morgan fingerprint density at radius 1 is 1.23 bits per heavy atom. The molecule has 0 aliphatic carbocycles. The van der Waals surface area contributed by atoms with Crippen LogP contribution in [0.3, 0.4) is 0 Å². The molecule has 0 saturated carbocycles. The number of carbonyl (C=O) groups is 1. The van der Waals surface area contributed by atoms with E-state index in [2.05, 4.69) is 10.3 Å². The molecule has 0 saturated heterocycles. The number of hydrogen-bond acceptors (Lipinski definition) is 5. The summed E-state index contributed by atoms with van der Waals surface area (Å²) in [6, 6.07) is 8.18. The number of rotatable bonds is 4. The summed E-state index contributed by atoms with van der Waals surface area (Å²) in [5, 5.41) is 3.83. The summed E-state index contributed by atoms with van der Waals surface area (Å²) >= 11 is 6.18. The molecule has 30 heavy (non-hydrogen) atoms. The second-order valence-electron chi connectivity index (χ2n) is 8.15. The Morgan fingerprint density at radius 2 is 1.90 bits per heavy atom. The van der Waals surface area contributed by atoms with Crippen molar-refractivity contribution in [3.63, 3.8) is 0 Å². The molecule has 1 unspecified atom stereocenters. The highest BCUT2D eigenvalue weighted by Gasteiger charge is 2.53. The minimum absolute atomic E-state index is 0.0505. The summed E-state index contributed by atoms with van der Waals surface area (Å²) in [6.45, 7) is 7.09. The van der Waals surface area contributed by atoms with E-state index in [0.717, 1.165) is 5.56 Å². The van der Waals surface area contributed by atoms with Gasteiger partial charge in [-0.15, -0.1) is 0 Å². The van der Waals surface area contributed by atoms with Crippen molar-refractivity contribution in [1.82, 2.24) is 4.90 Å². The van der Waals surface area contributed by atoms with Crippen LogP contribution in [0, 0.1) is 18.2 Å². The van der Waals surface area contributed by atoms with Gasteiger partial charge in [-0.05, 0) is 57.5 Å². The van der Waals surface area contributed by atoms with E-state index in [-0.39, 0.29) is 17.4 Å². The fourth-order valence-electron chi connectivity index (χ4n) is 3.63. The molecular weight excluding hydrogens is 407 g/mol. The van der Waals surface area contributed by atoms with E-state index in [1.165, 1.54) is 11.0 Å². The highest BCUT2D eigenvalue weighted by Crippen LogP contribution is 2.48. The monoisotopic (exact) mass is 432 g/mol. The van der Waals surface area contributed by atoms with E-state index in [4.69, 9.17) is 22.1 Å². The van der Waals surface area contributed by atoms with Crippen LogP contribution in [0.25, 0.3) is 0 Å². The van der Waals surface area contributed by atoms with Crippen molar-refractivity contribution in [2.45, 2.75) is 33.2 Å². The number of carbonyl (C=O) groups excluding carboxylic acids is 1. The van der Waals surface area contributed by atoms with Gasteiger partial charge in [-0.25, -0.2) is 9.38 Å². The van der Waals surface area contributed by atoms with E-state index in [1.54, 1.807) is 53.1 Å². The van der Waals surface area contributed by atoms with E-state index in [0.29, 0.717) is 22.1 Å². The van der Waals surface area contributed by atoms with Crippen molar-refractivity contribution in [3.05, 3.63) is 52.3 Å². The first-order valence-corrected chi connectivity index (χ1v) is 9.85. The molecular formula is C22H26ClFN4O2. The molecule has 0 bridgehead atoms. The van der Waals surface area contributed by atoms with Gasteiger partial charge in [0.15, 0.2) is 5.96 Å². The lowest BCUT2D eigenvalue weighted by molar-refractivity contribution is -0.140. The van der Waals surface area contributed by atoms with Gasteiger partial charge in [-0.3, -0.25) is 9.69 Å². The van der Waals surface area contributed by atoms with Gasteiger partial charge in [0.2, 0.25) is 5.91 Å². The standard InChI is InChI=1S/C22H26ClFN4O2/c1-12-9-17(18(30-6)11-15(12)23)26-13-7-8-16(24)14(10-13)22(4)21(2,3)19(29)28(5)20(25)27-22/h7-11,26H,1-6H3,(H2,25,27).